The van der Waals surface area contributed by atoms with E-state index in [-0.39, 0.29) is 43.2 Å². The number of fused-ring (bicyclic) bond motifs is 2. The normalized spacial score (nSPS) is 12.5. The molecule has 46 heavy (non-hydrogen) atoms. The van der Waals surface area contributed by atoms with Crippen LogP contribution in [0.25, 0.3) is 55.6 Å². The maximum atomic E-state index is 11.1. The van der Waals surface area contributed by atoms with Crippen molar-refractivity contribution in [3.8, 4) is 39.4 Å². The Kier molecular flexibility index (Phi) is 8.62. The zero-order chi connectivity index (χ0) is 32.5. The fraction of sp³-hybridized carbons (Fsp3) is 0.317. The molecule has 0 radical (unpaired) electrons. The van der Waals surface area contributed by atoms with Gasteiger partial charge in [-0.2, -0.15) is 0 Å². The summed E-state index contributed by atoms with van der Waals surface area (Å²) in [5.41, 5.74) is 10.9. The smallest absolute Gasteiger partial charge is 0.144 e. The summed E-state index contributed by atoms with van der Waals surface area (Å²) in [4.78, 5) is 10.2. The molecule has 0 fully saturated rings. The molecule has 2 aromatic heterocycles. The maximum absolute atomic E-state index is 11.1. The first-order valence-electron chi connectivity index (χ1n) is 15.8. The second-order valence-corrected chi connectivity index (χ2v) is 15.4. The van der Waals surface area contributed by atoms with Crippen LogP contribution in [0.3, 0.4) is 0 Å². The Labute approximate surface area is 288 Å². The number of hydrogen-bond acceptors (Lipinski definition) is 3. The minimum Gasteiger partial charge on any atom is -0.507 e. The monoisotopic (exact) mass is 789 g/mol. The van der Waals surface area contributed by atoms with E-state index in [9.17, 15) is 5.11 Å². The van der Waals surface area contributed by atoms with Crippen molar-refractivity contribution in [2.45, 2.75) is 85.6 Å². The molecule has 6 aromatic rings. The molecule has 240 valence electrons. The topological polar surface area (TPSA) is 50.9 Å². The van der Waals surface area contributed by atoms with E-state index in [0.29, 0.717) is 0 Å². The largest absolute Gasteiger partial charge is 0.507 e. The number of aryl methyl sites for hydroxylation is 1. The standard InChI is InChI=1S/C41H44N3O.Pt/c1-25-19-28-21-30(40(5,6)7)23-32(36(28)42-24-25)27-14-11-13-26(20-27)31-15-12-16-34-37(31)43-38(44(34)41(8,9)10)33-22-29(39(2,3)4)17-18-35(33)45;/h11-19,21-24,45H,1-10H3;/q-1;. The average Bonchev–Trinajstić information content (AvgIpc) is 3.36. The number of nitrogens with zero attached hydrogens (tertiary/aromatic N) is 3. The van der Waals surface area contributed by atoms with Gasteiger partial charge in [0.25, 0.3) is 0 Å². The maximum Gasteiger partial charge on any atom is 0.144 e. The third kappa shape index (κ3) is 6.17. The Bertz CT molecular complexity index is 2080. The molecule has 0 unspecified atom stereocenters. The Morgan fingerprint density at radius 3 is 1.96 bits per heavy atom. The quantitative estimate of drug-likeness (QED) is 0.182. The van der Waals surface area contributed by atoms with Gasteiger partial charge in [0.2, 0.25) is 0 Å². The van der Waals surface area contributed by atoms with Crippen molar-refractivity contribution in [3.63, 3.8) is 0 Å². The molecule has 0 bridgehead atoms. The summed E-state index contributed by atoms with van der Waals surface area (Å²) in [6, 6.07) is 29.1. The number of phenols is 1. The van der Waals surface area contributed by atoms with E-state index in [1.54, 1.807) is 6.07 Å². The summed E-state index contributed by atoms with van der Waals surface area (Å²) in [6.07, 6.45) is 1.94. The van der Waals surface area contributed by atoms with E-state index in [4.69, 9.17) is 9.97 Å². The number of aromatic hydroxyl groups is 1. The third-order valence-corrected chi connectivity index (χ3v) is 8.62. The van der Waals surface area contributed by atoms with Crippen LogP contribution >= 0.6 is 0 Å². The molecule has 0 aliphatic rings. The summed E-state index contributed by atoms with van der Waals surface area (Å²) in [5, 5.41) is 12.3. The Balaban J connectivity index is 0.00000417. The minimum absolute atomic E-state index is 0. The van der Waals surface area contributed by atoms with E-state index < -0.39 is 0 Å². The average molecular weight is 790 g/mol. The van der Waals surface area contributed by atoms with Crippen molar-refractivity contribution in [1.29, 1.82) is 0 Å². The molecule has 2 heterocycles. The second-order valence-electron chi connectivity index (χ2n) is 15.4. The Morgan fingerprint density at radius 1 is 0.674 bits per heavy atom. The van der Waals surface area contributed by atoms with Crippen LogP contribution in [0, 0.1) is 13.0 Å². The van der Waals surface area contributed by atoms with Gasteiger partial charge in [0.15, 0.2) is 0 Å². The number of rotatable bonds is 3. The van der Waals surface area contributed by atoms with Crippen molar-refractivity contribution in [1.82, 2.24) is 14.5 Å². The first-order chi connectivity index (χ1) is 21.0. The third-order valence-electron chi connectivity index (χ3n) is 8.62. The summed E-state index contributed by atoms with van der Waals surface area (Å²) >= 11 is 0. The van der Waals surface area contributed by atoms with E-state index in [0.717, 1.165) is 66.7 Å². The van der Waals surface area contributed by atoms with Crippen LogP contribution in [0.5, 0.6) is 5.75 Å². The van der Waals surface area contributed by atoms with Crippen LogP contribution in [-0.4, -0.2) is 19.6 Å². The molecule has 0 aliphatic carbocycles. The summed E-state index contributed by atoms with van der Waals surface area (Å²) in [6.45, 7) is 22.0. The first-order valence-corrected chi connectivity index (χ1v) is 15.8. The SMILES string of the molecule is Cc1cnc2c(-c3[c-]c(-c4cccc5c4nc(-c4cc(C(C)(C)C)ccc4O)n5C(C)(C)C)ccc3)cc(C(C)(C)C)cc2c1.[Pt]. The van der Waals surface area contributed by atoms with Gasteiger partial charge in [0.1, 0.15) is 11.6 Å². The minimum atomic E-state index is -0.283. The molecule has 0 atom stereocenters. The van der Waals surface area contributed by atoms with Crippen LogP contribution in [-0.2, 0) is 37.4 Å². The molecule has 4 aromatic carbocycles. The van der Waals surface area contributed by atoms with Gasteiger partial charge >= 0.3 is 0 Å². The molecule has 6 rings (SSSR count). The summed E-state index contributed by atoms with van der Waals surface area (Å²) in [5.74, 6) is 0.986. The van der Waals surface area contributed by atoms with Gasteiger partial charge < -0.3 is 9.67 Å². The molecular formula is C41H44N3OPt-. The van der Waals surface area contributed by atoms with Gasteiger partial charge in [-0.05, 0) is 84.9 Å². The van der Waals surface area contributed by atoms with Crippen LogP contribution in [0.1, 0.15) is 79.0 Å². The Morgan fingerprint density at radius 2 is 1.30 bits per heavy atom. The number of benzene rings is 4. The fourth-order valence-corrected chi connectivity index (χ4v) is 6.14. The number of imidazole rings is 1. The van der Waals surface area contributed by atoms with Gasteiger partial charge in [0.05, 0.1) is 16.6 Å². The van der Waals surface area contributed by atoms with E-state index in [1.807, 2.05) is 12.3 Å². The van der Waals surface area contributed by atoms with Gasteiger partial charge in [-0.15, -0.1) is 35.4 Å². The van der Waals surface area contributed by atoms with Gasteiger partial charge in [-0.3, -0.25) is 4.98 Å². The number of phenolic OH excluding ortho intramolecular Hbond substituents is 1. The molecule has 0 amide bonds. The summed E-state index contributed by atoms with van der Waals surface area (Å²) < 4.78 is 2.25. The van der Waals surface area contributed by atoms with E-state index in [2.05, 4.69) is 141 Å². The van der Waals surface area contributed by atoms with Crippen molar-refractivity contribution in [2.75, 3.05) is 0 Å². The molecule has 5 heteroatoms. The Hall–Kier alpha value is -3.75. The second kappa shape index (κ2) is 11.8. The molecule has 0 saturated heterocycles. The van der Waals surface area contributed by atoms with Crippen LogP contribution in [0.15, 0.2) is 79.0 Å². The number of aromatic nitrogens is 3. The van der Waals surface area contributed by atoms with Crippen molar-refractivity contribution >= 4 is 21.9 Å². The molecule has 0 spiro atoms. The van der Waals surface area contributed by atoms with E-state index in [1.165, 1.54) is 5.56 Å². The van der Waals surface area contributed by atoms with E-state index >= 15 is 0 Å². The number of pyridine rings is 1. The van der Waals surface area contributed by atoms with Gasteiger partial charge in [0, 0.05) is 38.3 Å². The fourth-order valence-electron chi connectivity index (χ4n) is 6.14. The van der Waals surface area contributed by atoms with Crippen LogP contribution in [0.2, 0.25) is 0 Å². The van der Waals surface area contributed by atoms with Crippen LogP contribution < -0.4 is 0 Å². The van der Waals surface area contributed by atoms with Crippen molar-refractivity contribution in [3.05, 3.63) is 102 Å². The predicted octanol–water partition coefficient (Wildman–Crippen LogP) is 10.7. The number of hydrogen-bond donors (Lipinski definition) is 1. The first kappa shape index (κ1) is 33.6. The molecule has 0 saturated carbocycles. The summed E-state index contributed by atoms with van der Waals surface area (Å²) in [7, 11) is 0. The zero-order valence-corrected chi connectivity index (χ0v) is 30.9. The molecular weight excluding hydrogens is 746 g/mol. The molecule has 1 N–H and O–H groups in total. The van der Waals surface area contributed by atoms with Gasteiger partial charge in [-0.1, -0.05) is 83.0 Å². The predicted molar refractivity (Wildman–Crippen MR) is 189 cm³/mol. The van der Waals surface area contributed by atoms with Crippen LogP contribution in [0.4, 0.5) is 0 Å². The van der Waals surface area contributed by atoms with Gasteiger partial charge in [-0.25, -0.2) is 4.98 Å². The zero-order valence-electron chi connectivity index (χ0n) is 28.6. The number of para-hydroxylation sites is 1. The van der Waals surface area contributed by atoms with Crippen molar-refractivity contribution in [2.24, 2.45) is 0 Å². The molecule has 4 nitrogen and oxygen atoms in total. The molecule has 0 aliphatic heterocycles. The van der Waals surface area contributed by atoms with Crippen molar-refractivity contribution < 1.29 is 26.2 Å².